The topological polar surface area (TPSA) is 130 Å². The lowest BCUT2D eigenvalue weighted by Gasteiger charge is -2.35. The van der Waals surface area contributed by atoms with E-state index in [0.29, 0.717) is 37.6 Å². The smallest absolute Gasteiger partial charge is 0.340 e. The summed E-state index contributed by atoms with van der Waals surface area (Å²) in [5, 5.41) is 14.4. The Morgan fingerprint density at radius 1 is 0.825 bits per heavy atom. The maximum atomic E-state index is 14.2. The summed E-state index contributed by atoms with van der Waals surface area (Å²) in [5.74, 6) is -4.78. The van der Waals surface area contributed by atoms with E-state index in [1.807, 2.05) is 0 Å². The number of hydrogen-bond donors (Lipinski definition) is 2. The average Bonchev–Trinajstić information content (AvgIpc) is 3.58. The van der Waals surface area contributed by atoms with Crippen LogP contribution in [0.3, 0.4) is 0 Å². The Labute approximate surface area is 341 Å². The van der Waals surface area contributed by atoms with Gasteiger partial charge in [0, 0.05) is 25.7 Å². The van der Waals surface area contributed by atoms with Crippen LogP contribution in [0.25, 0.3) is 0 Å². The molecule has 326 valence electrons. The Bertz CT molecular complexity index is 1350. The van der Waals surface area contributed by atoms with Gasteiger partial charge in [0.1, 0.15) is 23.0 Å². The largest absolute Gasteiger partial charge is 0.494 e. The van der Waals surface area contributed by atoms with Gasteiger partial charge in [0.05, 0.1) is 25.7 Å². The van der Waals surface area contributed by atoms with Crippen LogP contribution >= 0.6 is 0 Å². The molecular formula is C45H73F2NO9. The summed E-state index contributed by atoms with van der Waals surface area (Å²) < 4.78 is 57.2. The van der Waals surface area contributed by atoms with Crippen molar-refractivity contribution in [3.8, 4) is 5.75 Å². The van der Waals surface area contributed by atoms with E-state index in [9.17, 15) is 28.3 Å². The molecule has 12 heteroatoms. The molecule has 0 spiro atoms. The van der Waals surface area contributed by atoms with Crippen molar-refractivity contribution in [3.63, 3.8) is 0 Å². The molecule has 57 heavy (non-hydrogen) atoms. The molecule has 1 aromatic rings. The van der Waals surface area contributed by atoms with Crippen molar-refractivity contribution in [1.29, 1.82) is 0 Å². The lowest BCUT2D eigenvalue weighted by Crippen LogP contribution is -2.57. The first-order valence-corrected chi connectivity index (χ1v) is 21.3. The van der Waals surface area contributed by atoms with Crippen LogP contribution in [-0.4, -0.2) is 77.8 Å². The first kappa shape index (κ1) is 50.1. The molecule has 0 aromatic heterocycles. The fourth-order valence-electron chi connectivity index (χ4n) is 6.67. The number of carbonyl (C=O) groups is 3. The van der Waals surface area contributed by atoms with Gasteiger partial charge >= 0.3 is 11.9 Å². The number of ether oxygens (including phenoxy) is 5. The minimum absolute atomic E-state index is 0.0116. The van der Waals surface area contributed by atoms with E-state index in [2.05, 4.69) is 19.2 Å². The van der Waals surface area contributed by atoms with Crippen molar-refractivity contribution in [2.24, 2.45) is 5.92 Å². The van der Waals surface area contributed by atoms with Gasteiger partial charge in [-0.1, -0.05) is 83.1 Å². The molecule has 1 heterocycles. The van der Waals surface area contributed by atoms with Crippen LogP contribution in [0.2, 0.25) is 0 Å². The Morgan fingerprint density at radius 3 is 1.93 bits per heavy atom. The Hall–Kier alpha value is -3.09. The van der Waals surface area contributed by atoms with Crippen LogP contribution in [0.15, 0.2) is 36.4 Å². The molecule has 0 aliphatic carbocycles. The van der Waals surface area contributed by atoms with E-state index < -0.39 is 65.2 Å². The zero-order valence-electron chi connectivity index (χ0n) is 36.1. The SMILES string of the molecule is CCCCCCCC1(CCCCCC/C=C/[C@H](C(=O)N[C@@H](Cc2ccc(OCCCC)cc2)C(=O)OC(C)(C)C)[C@@](O)(CC(F)F)C(=O)OC(C)(C)C)OCCO1. The number of benzene rings is 1. The molecule has 0 bridgehead atoms. The summed E-state index contributed by atoms with van der Waals surface area (Å²) in [4.78, 5) is 41.2. The number of halogens is 2. The molecule has 1 saturated heterocycles. The van der Waals surface area contributed by atoms with E-state index in [1.54, 1.807) is 51.1 Å². The minimum atomic E-state index is -3.15. The molecule has 1 aliphatic heterocycles. The highest BCUT2D eigenvalue weighted by atomic mass is 19.3. The number of amides is 1. The fourth-order valence-corrected chi connectivity index (χ4v) is 6.67. The Morgan fingerprint density at radius 2 is 1.39 bits per heavy atom. The van der Waals surface area contributed by atoms with E-state index in [0.717, 1.165) is 57.8 Å². The van der Waals surface area contributed by atoms with E-state index in [4.69, 9.17) is 23.7 Å². The van der Waals surface area contributed by atoms with Crippen molar-refractivity contribution in [2.45, 2.75) is 193 Å². The van der Waals surface area contributed by atoms with Gasteiger partial charge in [0.25, 0.3) is 0 Å². The molecule has 10 nitrogen and oxygen atoms in total. The number of carbonyl (C=O) groups excluding carboxylic acids is 3. The molecule has 1 aromatic carbocycles. The van der Waals surface area contributed by atoms with Gasteiger partial charge in [0.15, 0.2) is 11.4 Å². The number of alkyl halides is 2. The van der Waals surface area contributed by atoms with Crippen molar-refractivity contribution in [3.05, 3.63) is 42.0 Å². The fraction of sp³-hybridized carbons (Fsp3) is 0.756. The summed E-state index contributed by atoms with van der Waals surface area (Å²) in [6, 6.07) is 5.77. The van der Waals surface area contributed by atoms with Gasteiger partial charge in [-0.3, -0.25) is 4.79 Å². The molecule has 3 atom stereocenters. The predicted molar refractivity (Wildman–Crippen MR) is 218 cm³/mol. The third-order valence-electron chi connectivity index (χ3n) is 9.63. The van der Waals surface area contributed by atoms with Crippen LogP contribution in [0, 0.1) is 5.92 Å². The van der Waals surface area contributed by atoms with Crippen molar-refractivity contribution in [2.75, 3.05) is 19.8 Å². The highest BCUT2D eigenvalue weighted by molar-refractivity contribution is 5.93. The molecule has 1 amide bonds. The maximum absolute atomic E-state index is 14.2. The number of hydrogen-bond acceptors (Lipinski definition) is 9. The second kappa shape index (κ2) is 24.7. The summed E-state index contributed by atoms with van der Waals surface area (Å²) >= 11 is 0. The van der Waals surface area contributed by atoms with Crippen LogP contribution < -0.4 is 10.1 Å². The zero-order valence-corrected chi connectivity index (χ0v) is 36.1. The van der Waals surface area contributed by atoms with Gasteiger partial charge in [-0.15, -0.1) is 0 Å². The van der Waals surface area contributed by atoms with Gasteiger partial charge < -0.3 is 34.1 Å². The summed E-state index contributed by atoms with van der Waals surface area (Å²) in [7, 11) is 0. The number of unbranched alkanes of at least 4 members (excludes halogenated alkanes) is 9. The Balaban J connectivity index is 2.25. The third-order valence-corrected chi connectivity index (χ3v) is 9.63. The number of rotatable bonds is 27. The zero-order chi connectivity index (χ0) is 42.5. The van der Waals surface area contributed by atoms with Crippen molar-refractivity contribution >= 4 is 17.8 Å². The predicted octanol–water partition coefficient (Wildman–Crippen LogP) is 9.58. The molecule has 0 unspecified atom stereocenters. The van der Waals surface area contributed by atoms with Gasteiger partial charge in [0.2, 0.25) is 12.3 Å². The average molecular weight is 810 g/mol. The normalized spacial score (nSPS) is 16.6. The van der Waals surface area contributed by atoms with Gasteiger partial charge in [-0.05, 0) is 91.3 Å². The molecular weight excluding hydrogens is 736 g/mol. The monoisotopic (exact) mass is 810 g/mol. The molecule has 1 fully saturated rings. The summed E-state index contributed by atoms with van der Waals surface area (Å²) in [6.07, 6.45) is 11.7. The molecule has 0 radical (unpaired) electrons. The Kier molecular flexibility index (Phi) is 21.7. The highest BCUT2D eigenvalue weighted by Gasteiger charge is 2.51. The number of allylic oxidation sites excluding steroid dienone is 1. The first-order chi connectivity index (χ1) is 26.8. The third kappa shape index (κ3) is 19.5. The van der Waals surface area contributed by atoms with E-state index in [1.165, 1.54) is 52.5 Å². The van der Waals surface area contributed by atoms with E-state index in [-0.39, 0.29) is 6.42 Å². The standard InChI is InChI=1S/C45H73F2NO9/c1-9-11-13-17-20-27-44(54-30-31-55-44)28-21-18-15-14-16-19-22-36(45(52,33-38(46)47)41(51)57-43(6,7)8)39(49)48-37(40(50)56-42(3,4)5)32-34-23-25-35(26-24-34)53-29-12-10-2/h19,22-26,36-38,52H,9-18,20-21,27-33H2,1-8H3,(H,48,49)/b22-19+/t36-,37+,45+/m1/s1. The minimum Gasteiger partial charge on any atom is -0.494 e. The number of nitrogens with one attached hydrogen (secondary N) is 1. The van der Waals surface area contributed by atoms with Gasteiger partial charge in [-0.2, -0.15) is 0 Å². The lowest BCUT2D eigenvalue weighted by molar-refractivity contribution is -0.188. The van der Waals surface area contributed by atoms with E-state index >= 15 is 0 Å². The van der Waals surface area contributed by atoms with Gasteiger partial charge in [-0.25, -0.2) is 18.4 Å². The first-order valence-electron chi connectivity index (χ1n) is 21.3. The highest BCUT2D eigenvalue weighted by Crippen LogP contribution is 2.33. The second-order valence-corrected chi connectivity index (χ2v) is 17.3. The van der Waals surface area contributed by atoms with Crippen molar-refractivity contribution in [1.82, 2.24) is 5.32 Å². The van der Waals surface area contributed by atoms with Crippen LogP contribution in [-0.2, 0) is 39.8 Å². The maximum Gasteiger partial charge on any atom is 0.340 e. The number of aliphatic hydroxyl groups is 1. The van der Waals surface area contributed by atoms with Crippen LogP contribution in [0.1, 0.15) is 157 Å². The summed E-state index contributed by atoms with van der Waals surface area (Å²) in [5.41, 5.74) is -4.33. The van der Waals surface area contributed by atoms with Crippen molar-refractivity contribution < 1.29 is 52.0 Å². The lowest BCUT2D eigenvalue weighted by atomic mass is 9.82. The van der Waals surface area contributed by atoms with Crippen LogP contribution in [0.5, 0.6) is 5.75 Å². The number of esters is 2. The second-order valence-electron chi connectivity index (χ2n) is 17.3. The van der Waals surface area contributed by atoms with Crippen LogP contribution in [0.4, 0.5) is 8.78 Å². The molecule has 2 rings (SSSR count). The quantitative estimate of drug-likeness (QED) is 0.0507. The molecule has 2 N–H and O–H groups in total. The molecule has 0 saturated carbocycles. The summed E-state index contributed by atoms with van der Waals surface area (Å²) in [6.45, 7) is 15.7. The molecule has 1 aliphatic rings.